The highest BCUT2D eigenvalue weighted by Gasteiger charge is 2.27. The van der Waals surface area contributed by atoms with Gasteiger partial charge in [0.15, 0.2) is 11.6 Å². The molecule has 1 heterocycles. The Hall–Kier alpha value is -2.27. The molecule has 0 bridgehead atoms. The van der Waals surface area contributed by atoms with Gasteiger partial charge in [0.05, 0.1) is 19.1 Å². The van der Waals surface area contributed by atoms with Gasteiger partial charge >= 0.3 is 0 Å². The Labute approximate surface area is 150 Å². The predicted octanol–water partition coefficient (Wildman–Crippen LogP) is 3.92. The lowest BCUT2D eigenvalue weighted by molar-refractivity contribution is -0.126. The van der Waals surface area contributed by atoms with E-state index in [1.54, 1.807) is 18.2 Å². The molecular weight excluding hydrogens is 345 g/mol. The van der Waals surface area contributed by atoms with Gasteiger partial charge in [-0.05, 0) is 54.8 Å². The first-order valence-electron chi connectivity index (χ1n) is 8.03. The highest BCUT2D eigenvalue weighted by molar-refractivity contribution is 6.30. The van der Waals surface area contributed by atoms with E-state index in [9.17, 15) is 9.18 Å². The van der Waals surface area contributed by atoms with Gasteiger partial charge in [0.1, 0.15) is 12.4 Å². The molecule has 1 amide bonds. The summed E-state index contributed by atoms with van der Waals surface area (Å²) in [5.74, 6) is 0.0479. The van der Waals surface area contributed by atoms with Gasteiger partial charge < -0.3 is 14.8 Å². The zero-order valence-corrected chi connectivity index (χ0v) is 14.8. The van der Waals surface area contributed by atoms with Crippen molar-refractivity contribution < 1.29 is 18.7 Å². The molecule has 0 aromatic heterocycles. The Balaban J connectivity index is 1.67. The minimum atomic E-state index is -0.453. The fourth-order valence-electron chi connectivity index (χ4n) is 2.90. The molecule has 4 nitrogen and oxygen atoms in total. The molecule has 0 saturated carbocycles. The molecule has 25 heavy (non-hydrogen) atoms. The first-order valence-corrected chi connectivity index (χ1v) is 8.40. The van der Waals surface area contributed by atoms with Gasteiger partial charge in [-0.25, -0.2) is 4.39 Å². The maximum Gasteiger partial charge on any atom is 0.227 e. The Kier molecular flexibility index (Phi) is 5.13. The van der Waals surface area contributed by atoms with Crippen LogP contribution >= 0.6 is 11.6 Å². The number of methoxy groups -OCH3 is 1. The van der Waals surface area contributed by atoms with Crippen molar-refractivity contribution in [2.45, 2.75) is 19.4 Å². The standard InChI is InChI=1S/C19H19ClFNO3/c1-11(12-3-5-18(24-2)16(21)9-12)22-19(23)14-7-13-8-15(20)4-6-17(13)25-10-14/h3-6,8-9,11,14H,7,10H2,1-2H3,(H,22,23)/t11-,14-/m1/s1. The number of nitrogens with one attached hydrogen (secondary N) is 1. The first kappa shape index (κ1) is 17.5. The molecule has 1 N–H and O–H groups in total. The summed E-state index contributed by atoms with van der Waals surface area (Å²) >= 11 is 6.01. The van der Waals surface area contributed by atoms with Gasteiger partial charge in [-0.2, -0.15) is 0 Å². The summed E-state index contributed by atoms with van der Waals surface area (Å²) in [5.41, 5.74) is 1.59. The van der Waals surface area contributed by atoms with Crippen molar-refractivity contribution in [3.05, 3.63) is 58.4 Å². The van der Waals surface area contributed by atoms with Gasteiger partial charge in [0.25, 0.3) is 0 Å². The van der Waals surface area contributed by atoms with Crippen molar-refractivity contribution in [2.75, 3.05) is 13.7 Å². The maximum absolute atomic E-state index is 13.8. The molecule has 3 rings (SSSR count). The van der Waals surface area contributed by atoms with Crippen LogP contribution in [0.1, 0.15) is 24.1 Å². The summed E-state index contributed by atoms with van der Waals surface area (Å²) in [5, 5.41) is 3.53. The molecule has 1 aliphatic rings. The van der Waals surface area contributed by atoms with Crippen LogP contribution < -0.4 is 14.8 Å². The minimum Gasteiger partial charge on any atom is -0.494 e. The van der Waals surface area contributed by atoms with Crippen LogP contribution in [0.2, 0.25) is 5.02 Å². The number of carbonyl (C=O) groups excluding carboxylic acids is 1. The normalized spacial score (nSPS) is 17.2. The molecule has 6 heteroatoms. The molecule has 2 aromatic carbocycles. The van der Waals surface area contributed by atoms with Crippen LogP contribution in [0.5, 0.6) is 11.5 Å². The number of amides is 1. The van der Waals surface area contributed by atoms with Crippen LogP contribution in [-0.2, 0) is 11.2 Å². The lowest BCUT2D eigenvalue weighted by Crippen LogP contribution is -2.38. The molecule has 0 spiro atoms. The average molecular weight is 364 g/mol. The molecule has 0 saturated heterocycles. The average Bonchev–Trinajstić information content (AvgIpc) is 2.60. The highest BCUT2D eigenvalue weighted by Crippen LogP contribution is 2.30. The molecule has 0 radical (unpaired) electrons. The van der Waals surface area contributed by atoms with Crippen molar-refractivity contribution in [3.63, 3.8) is 0 Å². The van der Waals surface area contributed by atoms with Crippen molar-refractivity contribution in [3.8, 4) is 11.5 Å². The Morgan fingerprint density at radius 3 is 2.88 bits per heavy atom. The van der Waals surface area contributed by atoms with E-state index in [1.165, 1.54) is 13.2 Å². The van der Waals surface area contributed by atoms with E-state index in [1.807, 2.05) is 19.1 Å². The third kappa shape index (κ3) is 3.87. The number of hydrogen-bond donors (Lipinski definition) is 1. The second kappa shape index (κ2) is 7.31. The fraction of sp³-hybridized carbons (Fsp3) is 0.316. The SMILES string of the molecule is COc1ccc([C@@H](C)NC(=O)[C@H]2COc3ccc(Cl)cc3C2)cc1F. The largest absolute Gasteiger partial charge is 0.494 e. The first-order chi connectivity index (χ1) is 12.0. The number of fused-ring (bicyclic) bond motifs is 1. The lowest BCUT2D eigenvalue weighted by Gasteiger charge is -2.26. The molecule has 1 aliphatic heterocycles. The Morgan fingerprint density at radius 2 is 2.16 bits per heavy atom. The zero-order chi connectivity index (χ0) is 18.0. The van der Waals surface area contributed by atoms with Crippen LogP contribution in [0.15, 0.2) is 36.4 Å². The third-order valence-corrected chi connectivity index (χ3v) is 4.57. The van der Waals surface area contributed by atoms with E-state index in [0.717, 1.165) is 11.3 Å². The molecular formula is C19H19ClFNO3. The number of rotatable bonds is 4. The predicted molar refractivity (Wildman–Crippen MR) is 93.7 cm³/mol. The van der Waals surface area contributed by atoms with Crippen LogP contribution in [0.3, 0.4) is 0 Å². The van der Waals surface area contributed by atoms with Gasteiger partial charge in [-0.15, -0.1) is 0 Å². The minimum absolute atomic E-state index is 0.130. The van der Waals surface area contributed by atoms with E-state index >= 15 is 0 Å². The quantitative estimate of drug-likeness (QED) is 0.895. The van der Waals surface area contributed by atoms with E-state index in [2.05, 4.69) is 5.32 Å². The second-order valence-electron chi connectivity index (χ2n) is 6.09. The summed E-state index contributed by atoms with van der Waals surface area (Å²) in [7, 11) is 1.41. The fourth-order valence-corrected chi connectivity index (χ4v) is 3.09. The van der Waals surface area contributed by atoms with E-state index < -0.39 is 5.82 Å². The summed E-state index contributed by atoms with van der Waals surface area (Å²) in [6.45, 7) is 2.12. The van der Waals surface area contributed by atoms with E-state index in [4.69, 9.17) is 21.1 Å². The zero-order valence-electron chi connectivity index (χ0n) is 14.0. The van der Waals surface area contributed by atoms with E-state index in [-0.39, 0.29) is 23.6 Å². The van der Waals surface area contributed by atoms with E-state index in [0.29, 0.717) is 23.6 Å². The number of halogens is 2. The maximum atomic E-state index is 13.8. The number of carbonyl (C=O) groups is 1. The van der Waals surface area contributed by atoms with Gasteiger partial charge in [-0.3, -0.25) is 4.79 Å². The molecule has 2 aromatic rings. The summed E-state index contributed by atoms with van der Waals surface area (Å²) in [6.07, 6.45) is 0.561. The Morgan fingerprint density at radius 1 is 1.36 bits per heavy atom. The monoisotopic (exact) mass is 363 g/mol. The molecule has 0 unspecified atom stereocenters. The van der Waals surface area contributed by atoms with Crippen molar-refractivity contribution in [2.24, 2.45) is 5.92 Å². The third-order valence-electron chi connectivity index (χ3n) is 4.33. The topological polar surface area (TPSA) is 47.6 Å². The summed E-state index contributed by atoms with van der Waals surface area (Å²) < 4.78 is 24.4. The van der Waals surface area contributed by atoms with Crippen LogP contribution in [-0.4, -0.2) is 19.6 Å². The van der Waals surface area contributed by atoms with Crippen molar-refractivity contribution in [1.82, 2.24) is 5.32 Å². The second-order valence-corrected chi connectivity index (χ2v) is 6.52. The number of hydrogen-bond acceptors (Lipinski definition) is 3. The smallest absolute Gasteiger partial charge is 0.227 e. The summed E-state index contributed by atoms with van der Waals surface area (Å²) in [4.78, 5) is 12.5. The van der Waals surface area contributed by atoms with Gasteiger partial charge in [0.2, 0.25) is 5.91 Å². The molecule has 0 aliphatic carbocycles. The van der Waals surface area contributed by atoms with Crippen molar-refractivity contribution in [1.29, 1.82) is 0 Å². The van der Waals surface area contributed by atoms with Crippen LogP contribution in [0, 0.1) is 11.7 Å². The molecule has 132 valence electrons. The Bertz CT molecular complexity index is 796. The van der Waals surface area contributed by atoms with Crippen LogP contribution in [0.4, 0.5) is 4.39 Å². The number of ether oxygens (including phenoxy) is 2. The number of benzene rings is 2. The lowest BCUT2D eigenvalue weighted by atomic mass is 9.95. The van der Waals surface area contributed by atoms with Crippen molar-refractivity contribution >= 4 is 17.5 Å². The molecule has 0 fully saturated rings. The van der Waals surface area contributed by atoms with Gasteiger partial charge in [-0.1, -0.05) is 17.7 Å². The highest BCUT2D eigenvalue weighted by atomic mass is 35.5. The van der Waals surface area contributed by atoms with Gasteiger partial charge in [0, 0.05) is 5.02 Å². The molecule has 2 atom stereocenters. The summed E-state index contributed by atoms with van der Waals surface area (Å²) in [6, 6.07) is 9.73. The van der Waals surface area contributed by atoms with Crippen LogP contribution in [0.25, 0.3) is 0 Å².